The normalized spacial score (nSPS) is 21.2. The molecule has 0 aromatic heterocycles. The monoisotopic (exact) mass is 137 g/mol. The second kappa shape index (κ2) is 3.02. The standard InChI is InChI=1S/C9H15N/c1-3-5-9(6-4-2)7-10-8-9/h3-4,10H,1-2,5-8H2. The Labute approximate surface area is 62.8 Å². The minimum Gasteiger partial charge on any atom is -0.315 e. The number of allylic oxidation sites excluding steroid dienone is 2. The zero-order valence-electron chi connectivity index (χ0n) is 6.40. The van der Waals surface area contributed by atoms with Crippen LogP contribution in [-0.2, 0) is 0 Å². The molecule has 1 saturated heterocycles. The van der Waals surface area contributed by atoms with E-state index in [1.807, 2.05) is 12.2 Å². The van der Waals surface area contributed by atoms with Gasteiger partial charge in [-0.2, -0.15) is 0 Å². The molecule has 0 aromatic rings. The molecular weight excluding hydrogens is 122 g/mol. The molecule has 56 valence electrons. The molecule has 0 spiro atoms. The highest BCUT2D eigenvalue weighted by atomic mass is 15.0. The van der Waals surface area contributed by atoms with Gasteiger partial charge in [-0.05, 0) is 12.8 Å². The lowest BCUT2D eigenvalue weighted by atomic mass is 9.76. The van der Waals surface area contributed by atoms with Crippen molar-refractivity contribution in [3.05, 3.63) is 25.3 Å². The topological polar surface area (TPSA) is 12.0 Å². The van der Waals surface area contributed by atoms with Gasteiger partial charge in [-0.15, -0.1) is 13.2 Å². The summed E-state index contributed by atoms with van der Waals surface area (Å²) in [5.41, 5.74) is 0.476. The lowest BCUT2D eigenvalue weighted by molar-refractivity contribution is 0.175. The van der Waals surface area contributed by atoms with Crippen LogP contribution in [0.15, 0.2) is 25.3 Å². The lowest BCUT2D eigenvalue weighted by Gasteiger charge is -2.41. The van der Waals surface area contributed by atoms with Gasteiger partial charge in [0, 0.05) is 18.5 Å². The van der Waals surface area contributed by atoms with E-state index in [4.69, 9.17) is 0 Å². The van der Waals surface area contributed by atoms with Crippen molar-refractivity contribution in [3.63, 3.8) is 0 Å². The van der Waals surface area contributed by atoms with E-state index in [-0.39, 0.29) is 0 Å². The largest absolute Gasteiger partial charge is 0.315 e. The Morgan fingerprint density at radius 1 is 1.20 bits per heavy atom. The molecule has 0 radical (unpaired) electrons. The first-order valence-electron chi connectivity index (χ1n) is 3.75. The molecule has 1 heteroatoms. The third kappa shape index (κ3) is 1.29. The summed E-state index contributed by atoms with van der Waals surface area (Å²) >= 11 is 0. The van der Waals surface area contributed by atoms with Crippen molar-refractivity contribution >= 4 is 0 Å². The second-order valence-corrected chi connectivity index (χ2v) is 3.09. The second-order valence-electron chi connectivity index (χ2n) is 3.09. The SMILES string of the molecule is C=CCC1(CC=C)CNC1. The third-order valence-corrected chi connectivity index (χ3v) is 2.15. The average Bonchev–Trinajstić information content (AvgIpc) is 1.84. The van der Waals surface area contributed by atoms with E-state index in [2.05, 4.69) is 18.5 Å². The fourth-order valence-electron chi connectivity index (χ4n) is 1.46. The summed E-state index contributed by atoms with van der Waals surface area (Å²) in [6, 6.07) is 0. The Balaban J connectivity index is 2.41. The third-order valence-electron chi connectivity index (χ3n) is 2.15. The summed E-state index contributed by atoms with van der Waals surface area (Å²) in [7, 11) is 0. The fraction of sp³-hybridized carbons (Fsp3) is 0.556. The summed E-state index contributed by atoms with van der Waals surface area (Å²) in [6.07, 6.45) is 6.24. The molecule has 0 atom stereocenters. The molecule has 1 aliphatic rings. The van der Waals surface area contributed by atoms with Gasteiger partial charge < -0.3 is 5.32 Å². The average molecular weight is 137 g/mol. The number of hydrogen-bond acceptors (Lipinski definition) is 1. The van der Waals surface area contributed by atoms with Gasteiger partial charge in [0.2, 0.25) is 0 Å². The summed E-state index contributed by atoms with van der Waals surface area (Å²) in [5, 5.41) is 3.28. The van der Waals surface area contributed by atoms with Crippen LogP contribution < -0.4 is 5.32 Å². The quantitative estimate of drug-likeness (QED) is 0.582. The van der Waals surface area contributed by atoms with Crippen molar-refractivity contribution in [1.82, 2.24) is 5.32 Å². The van der Waals surface area contributed by atoms with Crippen LogP contribution in [0.25, 0.3) is 0 Å². The van der Waals surface area contributed by atoms with Gasteiger partial charge in [-0.3, -0.25) is 0 Å². The van der Waals surface area contributed by atoms with Crippen molar-refractivity contribution in [2.24, 2.45) is 5.41 Å². The molecule has 0 aromatic carbocycles. The van der Waals surface area contributed by atoms with Gasteiger partial charge in [-0.25, -0.2) is 0 Å². The number of rotatable bonds is 4. The van der Waals surface area contributed by atoms with E-state index in [1.54, 1.807) is 0 Å². The van der Waals surface area contributed by atoms with Crippen molar-refractivity contribution in [2.45, 2.75) is 12.8 Å². The molecule has 1 rings (SSSR count). The zero-order valence-corrected chi connectivity index (χ0v) is 6.40. The molecule has 1 nitrogen and oxygen atoms in total. The molecule has 0 saturated carbocycles. The highest BCUT2D eigenvalue weighted by molar-refractivity contribution is 4.99. The molecule has 0 bridgehead atoms. The number of hydrogen-bond donors (Lipinski definition) is 1. The maximum atomic E-state index is 3.75. The smallest absolute Gasteiger partial charge is 0.00262 e. The molecule has 1 aliphatic heterocycles. The minimum atomic E-state index is 0.476. The van der Waals surface area contributed by atoms with Crippen LogP contribution in [0.2, 0.25) is 0 Å². The van der Waals surface area contributed by atoms with E-state index in [1.165, 1.54) is 0 Å². The van der Waals surface area contributed by atoms with E-state index >= 15 is 0 Å². The summed E-state index contributed by atoms with van der Waals surface area (Å²) in [4.78, 5) is 0. The molecule has 0 amide bonds. The molecule has 1 heterocycles. The van der Waals surface area contributed by atoms with Gasteiger partial charge >= 0.3 is 0 Å². The highest BCUT2D eigenvalue weighted by Gasteiger charge is 2.33. The van der Waals surface area contributed by atoms with Crippen LogP contribution in [0.5, 0.6) is 0 Å². The summed E-state index contributed by atoms with van der Waals surface area (Å²) < 4.78 is 0. The van der Waals surface area contributed by atoms with Gasteiger partial charge in [-0.1, -0.05) is 12.2 Å². The van der Waals surface area contributed by atoms with Crippen LogP contribution in [-0.4, -0.2) is 13.1 Å². The lowest BCUT2D eigenvalue weighted by Crippen LogP contribution is -2.52. The first-order valence-corrected chi connectivity index (χ1v) is 3.75. The molecule has 0 aliphatic carbocycles. The van der Waals surface area contributed by atoms with Crippen molar-refractivity contribution in [3.8, 4) is 0 Å². The Bertz CT molecular complexity index is 122. The first-order chi connectivity index (χ1) is 4.83. The van der Waals surface area contributed by atoms with E-state index in [0.717, 1.165) is 25.9 Å². The Morgan fingerprint density at radius 3 is 1.90 bits per heavy atom. The first kappa shape index (κ1) is 7.55. The summed E-state index contributed by atoms with van der Waals surface area (Å²) in [5.74, 6) is 0. The Kier molecular flexibility index (Phi) is 2.28. The predicted molar refractivity (Wildman–Crippen MR) is 44.9 cm³/mol. The molecule has 1 N–H and O–H groups in total. The van der Waals surface area contributed by atoms with Gasteiger partial charge in [0.1, 0.15) is 0 Å². The fourth-order valence-corrected chi connectivity index (χ4v) is 1.46. The molecule has 0 unspecified atom stereocenters. The van der Waals surface area contributed by atoms with Crippen molar-refractivity contribution < 1.29 is 0 Å². The molecule has 1 fully saturated rings. The Hall–Kier alpha value is -0.560. The zero-order chi connectivity index (χ0) is 7.45. The summed E-state index contributed by atoms with van der Waals surface area (Å²) in [6.45, 7) is 9.76. The molecule has 10 heavy (non-hydrogen) atoms. The van der Waals surface area contributed by atoms with Gasteiger partial charge in [0.05, 0.1) is 0 Å². The Morgan fingerprint density at radius 2 is 1.70 bits per heavy atom. The van der Waals surface area contributed by atoms with E-state index in [0.29, 0.717) is 5.41 Å². The van der Waals surface area contributed by atoms with Crippen LogP contribution in [0.3, 0.4) is 0 Å². The van der Waals surface area contributed by atoms with Crippen LogP contribution in [0.1, 0.15) is 12.8 Å². The number of nitrogens with one attached hydrogen (secondary N) is 1. The van der Waals surface area contributed by atoms with Crippen LogP contribution >= 0.6 is 0 Å². The van der Waals surface area contributed by atoms with Gasteiger partial charge in [0.25, 0.3) is 0 Å². The van der Waals surface area contributed by atoms with Crippen LogP contribution in [0.4, 0.5) is 0 Å². The van der Waals surface area contributed by atoms with E-state index < -0.39 is 0 Å². The van der Waals surface area contributed by atoms with Crippen molar-refractivity contribution in [1.29, 1.82) is 0 Å². The predicted octanol–water partition coefficient (Wildman–Crippen LogP) is 1.73. The van der Waals surface area contributed by atoms with Gasteiger partial charge in [0.15, 0.2) is 0 Å². The van der Waals surface area contributed by atoms with Crippen molar-refractivity contribution in [2.75, 3.05) is 13.1 Å². The van der Waals surface area contributed by atoms with E-state index in [9.17, 15) is 0 Å². The maximum absolute atomic E-state index is 3.75. The minimum absolute atomic E-state index is 0.476. The van der Waals surface area contributed by atoms with Crippen LogP contribution in [0, 0.1) is 5.41 Å². The molecular formula is C9H15N. The highest BCUT2D eigenvalue weighted by Crippen LogP contribution is 2.31. The maximum Gasteiger partial charge on any atom is 0.00262 e.